The molecule has 0 amide bonds. The number of rotatable bonds is 5. The number of aromatic nitrogens is 4. The number of piperidine rings is 1. The summed E-state index contributed by atoms with van der Waals surface area (Å²) in [4.78, 5) is 13.8. The van der Waals surface area contributed by atoms with Gasteiger partial charge >= 0.3 is 0 Å². The Bertz CT molecular complexity index is 1390. The zero-order chi connectivity index (χ0) is 23.0. The highest BCUT2D eigenvalue weighted by Gasteiger charge is 2.32. The van der Waals surface area contributed by atoms with Crippen molar-refractivity contribution in [3.05, 3.63) is 71.6 Å². The van der Waals surface area contributed by atoms with Crippen LogP contribution in [0.25, 0.3) is 22.6 Å². The summed E-state index contributed by atoms with van der Waals surface area (Å²) in [6.07, 6.45) is 7.23. The molecule has 5 rings (SSSR count). The average molecular weight is 482 g/mol. The highest BCUT2D eigenvalue weighted by Crippen LogP contribution is 2.36. The Balaban J connectivity index is 1.45. The molecule has 0 saturated carbocycles. The first-order valence-electron chi connectivity index (χ1n) is 11.0. The van der Waals surface area contributed by atoms with Crippen LogP contribution in [-0.4, -0.2) is 45.3 Å². The van der Waals surface area contributed by atoms with E-state index in [0.717, 1.165) is 34.5 Å². The van der Waals surface area contributed by atoms with Crippen molar-refractivity contribution >= 4 is 32.8 Å². The standard InChI is InChI=1S/C24H24ClN5O2S/c1-2-17-5-7-19(8-6-17)33(31,32)29-14-10-18(11-15-29)30-23(20-9-13-26-16-21(20)25)28-22-4-3-12-27-24(22)30/h3-9,12-13,16,18H,2,10-11,14-15H2,1H3. The smallest absolute Gasteiger partial charge is 0.243 e. The summed E-state index contributed by atoms with van der Waals surface area (Å²) in [5.74, 6) is 0.729. The van der Waals surface area contributed by atoms with E-state index in [1.165, 1.54) is 0 Å². The molecule has 1 aliphatic heterocycles. The van der Waals surface area contributed by atoms with Gasteiger partial charge in [-0.25, -0.2) is 18.4 Å². The van der Waals surface area contributed by atoms with Gasteiger partial charge in [-0.2, -0.15) is 4.31 Å². The molecule has 0 bridgehead atoms. The number of imidazole rings is 1. The molecule has 4 aromatic rings. The fourth-order valence-corrected chi connectivity index (χ4v) is 6.08. The largest absolute Gasteiger partial charge is 0.305 e. The number of benzene rings is 1. The summed E-state index contributed by atoms with van der Waals surface area (Å²) in [5.41, 5.74) is 3.47. The Morgan fingerprint density at radius 2 is 1.82 bits per heavy atom. The van der Waals surface area contributed by atoms with Crippen LogP contribution in [0.5, 0.6) is 0 Å². The van der Waals surface area contributed by atoms with Gasteiger partial charge in [0.1, 0.15) is 11.3 Å². The first-order valence-corrected chi connectivity index (χ1v) is 12.8. The van der Waals surface area contributed by atoms with Crippen molar-refractivity contribution in [3.63, 3.8) is 0 Å². The summed E-state index contributed by atoms with van der Waals surface area (Å²) in [5, 5.41) is 0.518. The molecule has 1 aromatic carbocycles. The van der Waals surface area contributed by atoms with Gasteiger partial charge in [-0.15, -0.1) is 0 Å². The van der Waals surface area contributed by atoms with Crippen molar-refractivity contribution < 1.29 is 8.42 Å². The Kier molecular flexibility index (Phi) is 5.90. The number of halogens is 1. The number of sulfonamides is 1. The van der Waals surface area contributed by atoms with Crippen LogP contribution in [-0.2, 0) is 16.4 Å². The fourth-order valence-electron chi connectivity index (χ4n) is 4.41. The number of fused-ring (bicyclic) bond motifs is 1. The lowest BCUT2D eigenvalue weighted by Gasteiger charge is -2.32. The van der Waals surface area contributed by atoms with Crippen LogP contribution >= 0.6 is 11.6 Å². The van der Waals surface area contributed by atoms with Gasteiger partial charge in [-0.3, -0.25) is 4.98 Å². The molecular weight excluding hydrogens is 458 g/mol. The zero-order valence-corrected chi connectivity index (χ0v) is 19.8. The predicted molar refractivity (Wildman–Crippen MR) is 129 cm³/mol. The van der Waals surface area contributed by atoms with Crippen molar-refractivity contribution in [2.24, 2.45) is 0 Å². The number of nitrogens with zero attached hydrogens (tertiary/aromatic N) is 5. The summed E-state index contributed by atoms with van der Waals surface area (Å²) in [6.45, 7) is 2.91. The molecule has 9 heteroatoms. The molecule has 0 atom stereocenters. The van der Waals surface area contributed by atoms with Gasteiger partial charge in [-0.05, 0) is 55.2 Å². The summed E-state index contributed by atoms with van der Waals surface area (Å²) in [6, 6.07) is 12.9. The molecule has 0 unspecified atom stereocenters. The van der Waals surface area contributed by atoms with Crippen molar-refractivity contribution in [2.45, 2.75) is 37.1 Å². The third-order valence-corrected chi connectivity index (χ3v) is 8.43. The topological polar surface area (TPSA) is 81.0 Å². The maximum absolute atomic E-state index is 13.2. The minimum atomic E-state index is -3.53. The normalized spacial score (nSPS) is 15.8. The molecule has 1 fully saturated rings. The second-order valence-electron chi connectivity index (χ2n) is 8.14. The van der Waals surface area contributed by atoms with Crippen molar-refractivity contribution in [2.75, 3.05) is 13.1 Å². The maximum atomic E-state index is 13.2. The van der Waals surface area contributed by atoms with Gasteiger partial charge < -0.3 is 4.57 Å². The van der Waals surface area contributed by atoms with Crippen LogP contribution in [0.3, 0.4) is 0 Å². The second-order valence-corrected chi connectivity index (χ2v) is 10.5. The van der Waals surface area contributed by atoms with Gasteiger partial charge in [-0.1, -0.05) is 30.7 Å². The van der Waals surface area contributed by atoms with Crippen LogP contribution in [0, 0.1) is 0 Å². The molecule has 7 nitrogen and oxygen atoms in total. The van der Waals surface area contributed by atoms with Crippen molar-refractivity contribution in [1.82, 2.24) is 23.8 Å². The predicted octanol–water partition coefficient (Wildman–Crippen LogP) is 4.73. The molecular formula is C24H24ClN5O2S. The molecule has 1 aliphatic rings. The summed E-state index contributed by atoms with van der Waals surface area (Å²) < 4.78 is 30.1. The van der Waals surface area contributed by atoms with E-state index in [4.69, 9.17) is 16.6 Å². The van der Waals surface area contributed by atoms with E-state index in [1.807, 2.05) is 30.3 Å². The fraction of sp³-hybridized carbons (Fsp3) is 0.292. The molecule has 1 saturated heterocycles. The highest BCUT2D eigenvalue weighted by atomic mass is 35.5. The zero-order valence-electron chi connectivity index (χ0n) is 18.2. The molecule has 0 aliphatic carbocycles. The van der Waals surface area contributed by atoms with Gasteiger partial charge in [0.2, 0.25) is 10.0 Å². The van der Waals surface area contributed by atoms with Crippen molar-refractivity contribution in [3.8, 4) is 11.4 Å². The Morgan fingerprint density at radius 3 is 2.52 bits per heavy atom. The maximum Gasteiger partial charge on any atom is 0.243 e. The molecule has 4 heterocycles. The number of aryl methyl sites for hydroxylation is 1. The molecule has 170 valence electrons. The monoisotopic (exact) mass is 481 g/mol. The third-order valence-electron chi connectivity index (χ3n) is 6.22. The Morgan fingerprint density at radius 1 is 1.06 bits per heavy atom. The SMILES string of the molecule is CCc1ccc(S(=O)(=O)N2CCC(n3c(-c4ccncc4Cl)nc4cccnc43)CC2)cc1. The minimum Gasteiger partial charge on any atom is -0.305 e. The van der Waals surface area contributed by atoms with E-state index in [9.17, 15) is 8.42 Å². The third kappa shape index (κ3) is 4.03. The lowest BCUT2D eigenvalue weighted by molar-refractivity contribution is 0.278. The van der Waals surface area contributed by atoms with E-state index >= 15 is 0 Å². The molecule has 0 spiro atoms. The van der Waals surface area contributed by atoms with Gasteiger partial charge in [0.15, 0.2) is 5.65 Å². The van der Waals surface area contributed by atoms with E-state index in [-0.39, 0.29) is 6.04 Å². The first-order chi connectivity index (χ1) is 16.0. The second kappa shape index (κ2) is 8.85. The van der Waals surface area contributed by atoms with Gasteiger partial charge in [0, 0.05) is 43.3 Å². The average Bonchev–Trinajstić information content (AvgIpc) is 3.24. The lowest BCUT2D eigenvalue weighted by atomic mass is 10.1. The first kappa shape index (κ1) is 22.0. The lowest BCUT2D eigenvalue weighted by Crippen LogP contribution is -2.39. The van der Waals surface area contributed by atoms with E-state index in [2.05, 4.69) is 21.5 Å². The minimum absolute atomic E-state index is 0.0537. The molecule has 3 aromatic heterocycles. The molecule has 33 heavy (non-hydrogen) atoms. The van der Waals surface area contributed by atoms with E-state index in [1.54, 1.807) is 35.0 Å². The van der Waals surface area contributed by atoms with Crippen LogP contribution < -0.4 is 0 Å². The number of hydrogen-bond acceptors (Lipinski definition) is 5. The van der Waals surface area contributed by atoms with Gasteiger partial charge in [0.05, 0.1) is 9.92 Å². The molecule has 0 N–H and O–H groups in total. The van der Waals surface area contributed by atoms with E-state index < -0.39 is 10.0 Å². The summed E-state index contributed by atoms with van der Waals surface area (Å²) >= 11 is 6.45. The Hall–Kier alpha value is -2.81. The van der Waals surface area contributed by atoms with Crippen molar-refractivity contribution in [1.29, 1.82) is 0 Å². The quantitative estimate of drug-likeness (QED) is 0.411. The Labute approximate surface area is 198 Å². The highest BCUT2D eigenvalue weighted by molar-refractivity contribution is 7.89. The van der Waals surface area contributed by atoms with Gasteiger partial charge in [0.25, 0.3) is 0 Å². The van der Waals surface area contributed by atoms with Crippen LogP contribution in [0.15, 0.2) is 66.0 Å². The van der Waals surface area contributed by atoms with Crippen LogP contribution in [0.2, 0.25) is 5.02 Å². The number of hydrogen-bond donors (Lipinski definition) is 0. The number of pyridine rings is 2. The van der Waals surface area contributed by atoms with Crippen LogP contribution in [0.1, 0.15) is 31.4 Å². The van der Waals surface area contributed by atoms with E-state index in [0.29, 0.717) is 35.8 Å². The molecule has 0 radical (unpaired) electrons. The summed E-state index contributed by atoms with van der Waals surface area (Å²) in [7, 11) is -3.53. The van der Waals surface area contributed by atoms with Crippen LogP contribution in [0.4, 0.5) is 0 Å².